The first-order valence-corrected chi connectivity index (χ1v) is 10.4. The molecule has 4 nitrogen and oxygen atoms in total. The molecule has 0 bridgehead atoms. The second-order valence-corrected chi connectivity index (χ2v) is 9.11. The van der Waals surface area contributed by atoms with E-state index in [0.717, 1.165) is 28.5 Å². The maximum absolute atomic E-state index is 12.9. The van der Waals surface area contributed by atoms with Gasteiger partial charge in [-0.1, -0.05) is 24.3 Å². The zero-order valence-electron chi connectivity index (χ0n) is 17.3. The minimum atomic E-state index is -0.270. The van der Waals surface area contributed by atoms with E-state index in [0.29, 0.717) is 10.6 Å². The Kier molecular flexibility index (Phi) is 4.66. The first-order valence-electron chi connectivity index (χ1n) is 9.60. The van der Waals surface area contributed by atoms with Gasteiger partial charge in [0.1, 0.15) is 0 Å². The highest BCUT2D eigenvalue weighted by Crippen LogP contribution is 2.41. The Morgan fingerprint density at radius 3 is 2.41 bits per heavy atom. The third-order valence-electron chi connectivity index (χ3n) is 5.70. The Morgan fingerprint density at radius 1 is 1.03 bits per heavy atom. The number of likely N-dealkylation sites (N-methyl/N-ethyl adjacent to an activating group) is 1. The average Bonchev–Trinajstić information content (AvgIpc) is 2.95. The van der Waals surface area contributed by atoms with Gasteiger partial charge in [0.2, 0.25) is 0 Å². The van der Waals surface area contributed by atoms with Gasteiger partial charge in [-0.05, 0) is 86.5 Å². The third kappa shape index (κ3) is 3.29. The largest absolute Gasteiger partial charge is 0.365 e. The number of anilines is 2. The Hall–Kier alpha value is -2.79. The van der Waals surface area contributed by atoms with Crippen molar-refractivity contribution in [2.45, 2.75) is 33.2 Å². The highest BCUT2D eigenvalue weighted by molar-refractivity contribution is 8.19. The summed E-state index contributed by atoms with van der Waals surface area (Å²) in [5.74, 6) is -0.270. The first-order chi connectivity index (χ1) is 13.7. The van der Waals surface area contributed by atoms with E-state index in [4.69, 9.17) is 0 Å². The van der Waals surface area contributed by atoms with Crippen molar-refractivity contribution in [1.82, 2.24) is 0 Å². The predicted octanol–water partition coefficient (Wildman–Crippen LogP) is 5.87. The average molecular weight is 405 g/mol. The number of aryl methyl sites for hydroxylation is 1. The number of rotatable bonds is 2. The van der Waals surface area contributed by atoms with Crippen molar-refractivity contribution >= 4 is 45.9 Å². The van der Waals surface area contributed by atoms with Crippen LogP contribution < -0.4 is 9.80 Å². The van der Waals surface area contributed by atoms with Gasteiger partial charge >= 0.3 is 0 Å². The van der Waals surface area contributed by atoms with E-state index in [2.05, 4.69) is 50.9 Å². The van der Waals surface area contributed by atoms with Crippen LogP contribution in [0.3, 0.4) is 0 Å². The van der Waals surface area contributed by atoms with Crippen LogP contribution in [0.4, 0.5) is 16.2 Å². The predicted molar refractivity (Wildman–Crippen MR) is 122 cm³/mol. The van der Waals surface area contributed by atoms with Crippen molar-refractivity contribution in [1.29, 1.82) is 0 Å². The number of hydrogen-bond acceptors (Lipinski definition) is 4. The molecule has 2 heterocycles. The van der Waals surface area contributed by atoms with Gasteiger partial charge < -0.3 is 4.90 Å². The molecule has 0 spiro atoms. The zero-order valence-corrected chi connectivity index (χ0v) is 18.1. The van der Waals surface area contributed by atoms with Crippen LogP contribution in [0.5, 0.6) is 0 Å². The summed E-state index contributed by atoms with van der Waals surface area (Å²) in [6, 6.07) is 13.3. The second-order valence-electron chi connectivity index (χ2n) is 8.12. The Balaban J connectivity index is 1.74. The summed E-state index contributed by atoms with van der Waals surface area (Å²) in [5, 5.41) is -0.263. The molecule has 2 aromatic rings. The number of imide groups is 1. The van der Waals surface area contributed by atoms with E-state index in [9.17, 15) is 9.59 Å². The van der Waals surface area contributed by atoms with Gasteiger partial charge in [-0.2, -0.15) is 0 Å². The molecule has 4 rings (SSSR count). The molecule has 2 aliphatic rings. The maximum atomic E-state index is 12.9. The number of carbonyl (C=O) groups is 2. The van der Waals surface area contributed by atoms with Crippen LogP contribution in [-0.4, -0.2) is 23.7 Å². The minimum Gasteiger partial charge on any atom is -0.365 e. The molecule has 0 saturated carbocycles. The van der Waals surface area contributed by atoms with Crippen LogP contribution in [0.15, 0.2) is 53.4 Å². The van der Waals surface area contributed by atoms with Crippen molar-refractivity contribution in [2.24, 2.45) is 0 Å². The number of para-hydroxylation sites is 1. The molecule has 0 unspecified atom stereocenters. The van der Waals surface area contributed by atoms with Crippen molar-refractivity contribution in [3.8, 4) is 0 Å². The number of fused-ring (bicyclic) bond motifs is 1. The number of hydrogen-bond donors (Lipinski definition) is 0. The fraction of sp³-hybridized carbons (Fsp3) is 0.250. The molecule has 2 aliphatic heterocycles. The van der Waals surface area contributed by atoms with Gasteiger partial charge in [-0.15, -0.1) is 0 Å². The van der Waals surface area contributed by atoms with Crippen molar-refractivity contribution in [3.05, 3.63) is 70.1 Å². The van der Waals surface area contributed by atoms with Gasteiger partial charge in [0, 0.05) is 18.3 Å². The number of nitrogens with zero attached hydrogens (tertiary/aromatic N) is 2. The fourth-order valence-electron chi connectivity index (χ4n) is 3.88. The lowest BCUT2D eigenvalue weighted by molar-refractivity contribution is -0.113. The topological polar surface area (TPSA) is 40.6 Å². The van der Waals surface area contributed by atoms with Crippen LogP contribution >= 0.6 is 11.8 Å². The number of thioether (sulfide) groups is 1. The summed E-state index contributed by atoms with van der Waals surface area (Å²) in [7, 11) is 2.10. The third-order valence-corrected chi connectivity index (χ3v) is 6.57. The molecule has 2 aromatic carbocycles. The summed E-state index contributed by atoms with van der Waals surface area (Å²) in [6.45, 7) is 8.56. The van der Waals surface area contributed by atoms with E-state index in [1.807, 2.05) is 31.2 Å². The van der Waals surface area contributed by atoms with Crippen molar-refractivity contribution in [3.63, 3.8) is 0 Å². The van der Waals surface area contributed by atoms with Crippen LogP contribution in [0.1, 0.15) is 37.5 Å². The van der Waals surface area contributed by atoms with Crippen LogP contribution in [0.2, 0.25) is 0 Å². The fourth-order valence-corrected chi connectivity index (χ4v) is 4.71. The lowest BCUT2D eigenvalue weighted by Gasteiger charge is -2.41. The molecular formula is C24H24N2O2S. The SMILES string of the molecule is CC1=CC(C)(C)N(C)c2cc(C)c(/C=C3/SC(=O)N(c4ccccc4)C3=O)cc21. The summed E-state index contributed by atoms with van der Waals surface area (Å²) in [6.07, 6.45) is 4.11. The maximum Gasteiger partial charge on any atom is 0.298 e. The number of amides is 2. The molecule has 1 fully saturated rings. The number of benzene rings is 2. The smallest absolute Gasteiger partial charge is 0.298 e. The van der Waals surface area contributed by atoms with E-state index in [1.165, 1.54) is 16.2 Å². The minimum absolute atomic E-state index is 0.0522. The van der Waals surface area contributed by atoms with Gasteiger partial charge in [0.05, 0.1) is 16.1 Å². The molecular weight excluding hydrogens is 380 g/mol. The lowest BCUT2D eigenvalue weighted by atomic mass is 9.87. The highest BCUT2D eigenvalue weighted by atomic mass is 32.2. The molecule has 2 amide bonds. The van der Waals surface area contributed by atoms with Gasteiger partial charge in [-0.25, -0.2) is 4.90 Å². The number of allylic oxidation sites excluding steroid dienone is 1. The number of carbonyl (C=O) groups excluding carboxylic acids is 2. The monoisotopic (exact) mass is 404 g/mol. The molecule has 5 heteroatoms. The van der Waals surface area contributed by atoms with Crippen molar-refractivity contribution in [2.75, 3.05) is 16.8 Å². The van der Waals surface area contributed by atoms with Gasteiger partial charge in [0.25, 0.3) is 11.1 Å². The summed E-state index contributed by atoms with van der Waals surface area (Å²) < 4.78 is 0. The standard InChI is InChI=1S/C24H24N2O2S/c1-15-11-20-19(16(2)14-24(3,4)25(20)5)12-17(15)13-21-22(27)26(23(28)29-21)18-9-7-6-8-10-18/h6-14H,1-5H3/b21-13+. The van der Waals surface area contributed by atoms with Gasteiger partial charge in [0.15, 0.2) is 0 Å². The van der Waals surface area contributed by atoms with Crippen LogP contribution in [0.25, 0.3) is 11.6 Å². The molecule has 0 radical (unpaired) electrons. The van der Waals surface area contributed by atoms with E-state index in [-0.39, 0.29) is 16.7 Å². The molecule has 0 aliphatic carbocycles. The summed E-state index contributed by atoms with van der Waals surface area (Å²) in [5.41, 5.74) is 6.14. The molecule has 0 atom stereocenters. The van der Waals surface area contributed by atoms with E-state index in [1.54, 1.807) is 12.1 Å². The zero-order chi connectivity index (χ0) is 20.9. The van der Waals surface area contributed by atoms with Crippen LogP contribution in [-0.2, 0) is 4.79 Å². The highest BCUT2D eigenvalue weighted by Gasteiger charge is 2.36. The Bertz CT molecular complexity index is 1080. The quantitative estimate of drug-likeness (QED) is 0.587. The lowest BCUT2D eigenvalue weighted by Crippen LogP contribution is -2.42. The van der Waals surface area contributed by atoms with Crippen molar-refractivity contribution < 1.29 is 9.59 Å². The molecule has 0 aromatic heterocycles. The Labute approximate surface area is 175 Å². The molecule has 0 N–H and O–H groups in total. The van der Waals surface area contributed by atoms with Gasteiger partial charge in [-0.3, -0.25) is 9.59 Å². The molecule has 29 heavy (non-hydrogen) atoms. The van der Waals surface area contributed by atoms with E-state index >= 15 is 0 Å². The summed E-state index contributed by atoms with van der Waals surface area (Å²) in [4.78, 5) is 29.4. The molecule has 148 valence electrons. The summed E-state index contributed by atoms with van der Waals surface area (Å²) >= 11 is 0.992. The second kappa shape index (κ2) is 6.92. The molecule has 1 saturated heterocycles. The van der Waals surface area contributed by atoms with Crippen LogP contribution in [0, 0.1) is 6.92 Å². The Morgan fingerprint density at radius 2 is 1.72 bits per heavy atom. The van der Waals surface area contributed by atoms with E-state index < -0.39 is 0 Å². The first kappa shape index (κ1) is 19.5. The normalized spacial score (nSPS) is 19.6.